The molecule has 1 atom stereocenters. The largest absolute Gasteiger partial charge is 0.506 e. The highest BCUT2D eigenvalue weighted by Crippen LogP contribution is 2.41. The average molecular weight is 447 g/mol. The molecule has 2 heterocycles. The summed E-state index contributed by atoms with van der Waals surface area (Å²) in [5.41, 5.74) is 0.688. The summed E-state index contributed by atoms with van der Waals surface area (Å²) in [5, 5.41) is 14.2. The molecule has 0 fully saturated rings. The van der Waals surface area contributed by atoms with E-state index in [1.54, 1.807) is 24.3 Å². The number of nitrogens with one attached hydrogen (secondary N) is 2. The molecule has 4 aromatic rings. The van der Waals surface area contributed by atoms with Crippen molar-refractivity contribution in [3.05, 3.63) is 81.0 Å². The summed E-state index contributed by atoms with van der Waals surface area (Å²) in [5.74, 6) is 1.02. The van der Waals surface area contributed by atoms with Crippen LogP contribution in [0.3, 0.4) is 0 Å². The smallest absolute Gasteiger partial charge is 0.265 e. The number of benzene rings is 2. The van der Waals surface area contributed by atoms with Gasteiger partial charge in [-0.15, -0.1) is 11.3 Å². The molecule has 0 aliphatic heterocycles. The van der Waals surface area contributed by atoms with Crippen molar-refractivity contribution < 1.29 is 14.6 Å². The molecule has 1 amide bonds. The molecule has 0 radical (unpaired) electrons. The number of thiophene rings is 1. The molecular formula is C25H22N2O4S. The number of aromatic amines is 1. The fourth-order valence-electron chi connectivity index (χ4n) is 4.12. The van der Waals surface area contributed by atoms with E-state index < -0.39 is 11.5 Å². The van der Waals surface area contributed by atoms with Gasteiger partial charge in [-0.2, -0.15) is 0 Å². The quantitative estimate of drug-likeness (QED) is 0.388. The number of carbonyl (C=O) groups is 1. The normalized spacial score (nSPS) is 15.3. The number of aryl methyl sites for hydroxylation is 1. The van der Waals surface area contributed by atoms with Gasteiger partial charge in [0, 0.05) is 10.6 Å². The first kappa shape index (κ1) is 20.3. The van der Waals surface area contributed by atoms with E-state index in [1.165, 1.54) is 16.2 Å². The molecule has 0 saturated carbocycles. The van der Waals surface area contributed by atoms with Crippen LogP contribution in [0.2, 0.25) is 0 Å². The van der Waals surface area contributed by atoms with Crippen molar-refractivity contribution in [2.75, 3.05) is 5.32 Å². The number of rotatable bonds is 4. The Labute approximate surface area is 188 Å². The van der Waals surface area contributed by atoms with E-state index in [2.05, 4.69) is 17.2 Å². The van der Waals surface area contributed by atoms with Crippen molar-refractivity contribution in [1.29, 1.82) is 0 Å². The van der Waals surface area contributed by atoms with E-state index in [9.17, 15) is 14.7 Å². The molecule has 0 bridgehead atoms. The third kappa shape index (κ3) is 3.76. The van der Waals surface area contributed by atoms with Crippen LogP contribution < -0.4 is 15.6 Å². The Hall–Kier alpha value is -3.58. The Balaban J connectivity index is 1.41. The van der Waals surface area contributed by atoms with E-state index >= 15 is 0 Å². The van der Waals surface area contributed by atoms with Crippen LogP contribution in [0.5, 0.6) is 17.2 Å². The minimum atomic E-state index is -0.647. The molecule has 32 heavy (non-hydrogen) atoms. The topological polar surface area (TPSA) is 91.4 Å². The summed E-state index contributed by atoms with van der Waals surface area (Å²) in [6, 6.07) is 16.2. The van der Waals surface area contributed by atoms with Crippen LogP contribution in [0.15, 0.2) is 59.4 Å². The average Bonchev–Trinajstić information content (AvgIpc) is 3.13. The molecule has 2 aromatic heterocycles. The van der Waals surface area contributed by atoms with Gasteiger partial charge in [0.25, 0.3) is 11.5 Å². The summed E-state index contributed by atoms with van der Waals surface area (Å²) < 4.78 is 5.75. The van der Waals surface area contributed by atoms with Crippen molar-refractivity contribution in [3.8, 4) is 17.2 Å². The van der Waals surface area contributed by atoms with Gasteiger partial charge in [0.1, 0.15) is 27.6 Å². The number of carbonyl (C=O) groups excluding carboxylic acids is 1. The summed E-state index contributed by atoms with van der Waals surface area (Å²) in [4.78, 5) is 30.1. The highest BCUT2D eigenvalue weighted by molar-refractivity contribution is 7.18. The summed E-state index contributed by atoms with van der Waals surface area (Å²) in [6.07, 6.45) is 2.78. The summed E-state index contributed by atoms with van der Waals surface area (Å²) in [7, 11) is 0. The zero-order chi connectivity index (χ0) is 22.2. The number of fused-ring (bicyclic) bond motifs is 3. The first-order chi connectivity index (χ1) is 15.5. The monoisotopic (exact) mass is 446 g/mol. The second kappa shape index (κ2) is 8.16. The molecule has 1 aliphatic carbocycles. The second-order valence-electron chi connectivity index (χ2n) is 8.13. The molecule has 3 N–H and O–H groups in total. The number of amides is 1. The van der Waals surface area contributed by atoms with E-state index in [0.29, 0.717) is 33.3 Å². The lowest BCUT2D eigenvalue weighted by atomic mass is 9.89. The Bertz CT molecular complexity index is 1360. The van der Waals surface area contributed by atoms with Gasteiger partial charge in [-0.25, -0.2) is 0 Å². The minimum absolute atomic E-state index is 0.239. The van der Waals surface area contributed by atoms with Crippen LogP contribution in [0, 0.1) is 5.92 Å². The van der Waals surface area contributed by atoms with Crippen LogP contribution in [-0.2, 0) is 12.8 Å². The number of para-hydroxylation sites is 1. The molecule has 1 aliphatic rings. The molecule has 2 aromatic carbocycles. The molecule has 5 rings (SSSR count). The van der Waals surface area contributed by atoms with Crippen LogP contribution >= 0.6 is 11.3 Å². The second-order valence-corrected chi connectivity index (χ2v) is 9.23. The number of aromatic hydroxyl groups is 1. The molecule has 7 heteroatoms. The highest BCUT2D eigenvalue weighted by Gasteiger charge is 2.27. The van der Waals surface area contributed by atoms with Gasteiger partial charge < -0.3 is 20.1 Å². The van der Waals surface area contributed by atoms with Crippen LogP contribution in [0.4, 0.5) is 5.69 Å². The zero-order valence-electron chi connectivity index (χ0n) is 17.5. The van der Waals surface area contributed by atoms with E-state index in [0.717, 1.165) is 24.8 Å². The van der Waals surface area contributed by atoms with E-state index in [1.807, 2.05) is 30.3 Å². The number of H-pyrrole nitrogens is 1. The maximum Gasteiger partial charge on any atom is 0.265 e. The first-order valence-electron chi connectivity index (χ1n) is 10.5. The van der Waals surface area contributed by atoms with Gasteiger partial charge in [-0.05, 0) is 67.1 Å². The fraction of sp³-hybridized carbons (Fsp3) is 0.200. The predicted octanol–water partition coefficient (Wildman–Crippen LogP) is 5.46. The Morgan fingerprint density at radius 1 is 1.12 bits per heavy atom. The number of aromatic nitrogens is 1. The van der Waals surface area contributed by atoms with Crippen LogP contribution in [-0.4, -0.2) is 16.0 Å². The standard InChI is InChI=1S/C25H22N2O4S/c1-14-7-12-18-19(13-14)32-25-20(18)22(28)21(24(30)27-25)23(29)26-15-8-10-17(11-9-15)31-16-5-3-2-4-6-16/h2-6,8-11,14H,7,12-13H2,1H3,(H,26,29)(H2,27,28,30). The Morgan fingerprint density at radius 3 is 2.59 bits per heavy atom. The number of ether oxygens (including phenoxy) is 1. The lowest BCUT2D eigenvalue weighted by Crippen LogP contribution is -2.23. The van der Waals surface area contributed by atoms with Gasteiger partial charge in [0.2, 0.25) is 0 Å². The van der Waals surface area contributed by atoms with E-state index in [-0.39, 0.29) is 11.3 Å². The van der Waals surface area contributed by atoms with Crippen molar-refractivity contribution in [2.45, 2.75) is 26.2 Å². The minimum Gasteiger partial charge on any atom is -0.506 e. The van der Waals surface area contributed by atoms with Gasteiger partial charge >= 0.3 is 0 Å². The predicted molar refractivity (Wildman–Crippen MR) is 126 cm³/mol. The highest BCUT2D eigenvalue weighted by atomic mass is 32.1. The van der Waals surface area contributed by atoms with Crippen molar-refractivity contribution in [1.82, 2.24) is 4.98 Å². The third-order valence-electron chi connectivity index (χ3n) is 5.76. The third-order valence-corrected chi connectivity index (χ3v) is 6.93. The van der Waals surface area contributed by atoms with E-state index in [4.69, 9.17) is 4.74 Å². The molecular weight excluding hydrogens is 424 g/mol. The Morgan fingerprint density at radius 2 is 1.84 bits per heavy atom. The lowest BCUT2D eigenvalue weighted by Gasteiger charge is -2.18. The van der Waals surface area contributed by atoms with Crippen molar-refractivity contribution in [2.24, 2.45) is 5.92 Å². The van der Waals surface area contributed by atoms with Gasteiger partial charge in [-0.3, -0.25) is 9.59 Å². The molecule has 6 nitrogen and oxygen atoms in total. The first-order valence-corrected chi connectivity index (χ1v) is 11.3. The number of hydrogen-bond acceptors (Lipinski definition) is 5. The number of anilines is 1. The van der Waals surface area contributed by atoms with Crippen LogP contribution in [0.1, 0.15) is 34.1 Å². The summed E-state index contributed by atoms with van der Waals surface area (Å²) in [6.45, 7) is 2.20. The number of pyridine rings is 1. The van der Waals surface area contributed by atoms with Gasteiger partial charge in [0.05, 0.1) is 5.39 Å². The lowest BCUT2D eigenvalue weighted by molar-refractivity contribution is 0.102. The zero-order valence-corrected chi connectivity index (χ0v) is 18.3. The SMILES string of the molecule is CC1CCc2c(sc3[nH]c(=O)c(C(=O)Nc4ccc(Oc5ccccc5)cc4)c(O)c23)C1. The Kier molecular flexibility index (Phi) is 5.19. The van der Waals surface area contributed by atoms with Gasteiger partial charge in [0.15, 0.2) is 0 Å². The van der Waals surface area contributed by atoms with Gasteiger partial charge in [-0.1, -0.05) is 25.1 Å². The van der Waals surface area contributed by atoms with Crippen molar-refractivity contribution in [3.63, 3.8) is 0 Å². The van der Waals surface area contributed by atoms with Crippen molar-refractivity contribution >= 4 is 33.1 Å². The molecule has 1 unspecified atom stereocenters. The number of hydrogen-bond donors (Lipinski definition) is 3. The van der Waals surface area contributed by atoms with Crippen LogP contribution in [0.25, 0.3) is 10.2 Å². The molecule has 162 valence electrons. The molecule has 0 spiro atoms. The maximum absolute atomic E-state index is 12.9. The maximum atomic E-state index is 12.9. The fourth-order valence-corrected chi connectivity index (χ4v) is 5.53. The summed E-state index contributed by atoms with van der Waals surface area (Å²) >= 11 is 1.50. The molecule has 0 saturated heterocycles.